The van der Waals surface area contributed by atoms with Gasteiger partial charge in [0.15, 0.2) is 31.0 Å². The van der Waals surface area contributed by atoms with Crippen molar-refractivity contribution in [3.05, 3.63) is 265 Å². The van der Waals surface area contributed by atoms with Gasteiger partial charge in [0.1, 0.15) is 35.2 Å². The number of nitrogens with zero attached hydrogens (tertiary/aromatic N) is 5. The molecule has 0 spiro atoms. The number of aryl methyl sites for hydroxylation is 15. The first-order chi connectivity index (χ1) is 55.6. The van der Waals surface area contributed by atoms with Gasteiger partial charge in [0.25, 0.3) is 0 Å². The maximum Gasteiger partial charge on any atom is 0.212 e. The van der Waals surface area contributed by atoms with Crippen LogP contribution in [0.2, 0.25) is 0 Å². The molecule has 0 aliphatic rings. The smallest absolute Gasteiger partial charge is 0.201 e. The van der Waals surface area contributed by atoms with E-state index in [1.54, 1.807) is 42.6 Å². The topological polar surface area (TPSA) is 19.4 Å². The van der Waals surface area contributed by atoms with Crippen LogP contribution in [0.15, 0.2) is 171 Å². The molecule has 101 heavy (non-hydrogen) atoms. The third kappa shape index (κ3) is 23.4. The largest absolute Gasteiger partial charge is 0.212 e. The molecule has 0 amide bonds. The molecule has 5 aromatic carbocycles. The van der Waals surface area contributed by atoms with Gasteiger partial charge in [0, 0.05) is 115 Å². The van der Waals surface area contributed by atoms with Gasteiger partial charge in [-0.1, -0.05) is 186 Å². The lowest BCUT2D eigenvalue weighted by Crippen LogP contribution is -2.32. The Balaban J connectivity index is 0.000000236. The van der Waals surface area contributed by atoms with Gasteiger partial charge in [-0.3, -0.25) is 0 Å². The fraction of sp³-hybridized carbons (Fsp3) is 0.427. The molecular weight excluding hydrogens is 1220 g/mol. The molecule has 5 aromatic heterocycles. The molecule has 0 atom stereocenters. The minimum Gasteiger partial charge on any atom is -0.201 e. The molecule has 10 rings (SSSR count). The Kier molecular flexibility index (Phi) is 20.7. The van der Waals surface area contributed by atoms with E-state index >= 15 is 0 Å². The van der Waals surface area contributed by atoms with Gasteiger partial charge in [-0.15, -0.1) is 0 Å². The normalized spacial score (nSPS) is 15.6. The average Bonchev–Trinajstić information content (AvgIpc) is 0.764. The first-order valence-corrected chi connectivity index (χ1v) is 35.6. The van der Waals surface area contributed by atoms with E-state index in [0.717, 1.165) is 101 Å². The van der Waals surface area contributed by atoms with Gasteiger partial charge in [-0.05, 0) is 229 Å². The Labute approximate surface area is 645 Å². The van der Waals surface area contributed by atoms with E-state index in [4.69, 9.17) is 28.8 Å². The lowest BCUT2D eigenvalue weighted by molar-refractivity contribution is -0.661. The third-order valence-electron chi connectivity index (χ3n) is 17.3. The molecule has 0 unspecified atom stereocenters. The fourth-order valence-corrected chi connectivity index (χ4v) is 12.3. The molecule has 0 saturated carbocycles. The summed E-state index contributed by atoms with van der Waals surface area (Å²) < 4.78 is 179. The second kappa shape index (κ2) is 37.7. The summed E-state index contributed by atoms with van der Waals surface area (Å²) in [5, 5.41) is 0. The molecule has 10 aromatic rings. The predicted molar refractivity (Wildman–Crippen MR) is 434 cm³/mol. The highest BCUT2D eigenvalue weighted by atomic mass is 14.9. The second-order valence-electron chi connectivity index (χ2n) is 29.1. The molecule has 0 radical (unpaired) electrons. The van der Waals surface area contributed by atoms with Crippen LogP contribution in [0.25, 0.3) is 56.3 Å². The summed E-state index contributed by atoms with van der Waals surface area (Å²) in [7, 11) is 9.58. The third-order valence-corrected chi connectivity index (χ3v) is 17.3. The van der Waals surface area contributed by atoms with Gasteiger partial charge in [0.2, 0.25) is 28.5 Å². The van der Waals surface area contributed by atoms with Crippen LogP contribution >= 0.6 is 0 Å². The molecule has 0 aliphatic heterocycles. The van der Waals surface area contributed by atoms with Crippen molar-refractivity contribution in [3.8, 4) is 56.3 Å². The SMILES string of the molecule is [2H]C([2H])([2H])c1ccc(-c2cc(C([2H])(C)C)c(C([2H])(C)C)c[n+]2C)c(C)c1.[2H]C([2H])([2H])c1ccc(-c2cc(C)c(C([2H])([2H])C(C)C)c[n+]2C)c(C)c1.[2H]C([2H])([2H])c1ccc(-c2ccc(C([2H])([2H])C(C)C)c[n+]2C)c(C)c1.[2H]C([2H])(c1c[n+](C)c(-c2ccccc2C)cc1C)C(C)C.[2H]C([2H])(c1cc(-c2ccccc2C)[n+](C)cc1C([2H])([2H])C(C)C)C(C)C. The molecule has 536 valence electrons. The number of pyridine rings is 5. The molecule has 5 heterocycles. The minimum atomic E-state index is -2.13. The molecule has 0 saturated heterocycles. The van der Waals surface area contributed by atoms with E-state index in [2.05, 4.69) is 25.1 Å². The molecule has 0 N–H and O–H groups in total. The lowest BCUT2D eigenvalue weighted by atomic mass is 9.90. The number of aromatic nitrogens is 5. The summed E-state index contributed by atoms with van der Waals surface area (Å²) in [5.74, 6) is -2.48. The molecular formula is C96H132N5+5. The standard InChI is InChI=1S/C21H30N.C20H28N.C19H26N.2C18H24N/c1-15(2)11-18-13-21(20-10-8-7-9-17(20)5)22(6)14-19(18)12-16(3)4;1-13(2)18-11-20(21(7)12-19(18)14(3)4)17-9-8-15(5)10-16(17)6;1-13(2)9-17-12-20(6)19(11-15(17)4)18-8-7-14(3)10-16(18)5;1-13(2)10-16-7-9-18(19(5)12-16)17-8-6-14(3)11-15(17)4;1-13(2)10-16-12-19(5)18(11-15(16)4)17-9-7-6-8-14(17)3/h7-10,13-16H,11-12H2,1-6H3;8-14H,1-7H3;7-8,10-13H,9H2,1-6H3;2*6-9,11-13H,10H2,1-5H3/q5*+1/i11D2,12D2;5D3,13D,14D;3D3,9D2;3D3,10D2;10D2. The Hall–Kier alpha value is -8.15. The second-order valence-corrected chi connectivity index (χ2v) is 29.1. The van der Waals surface area contributed by atoms with Crippen molar-refractivity contribution in [3.63, 3.8) is 0 Å². The van der Waals surface area contributed by atoms with E-state index in [1.807, 2.05) is 306 Å². The van der Waals surface area contributed by atoms with Crippen molar-refractivity contribution in [1.29, 1.82) is 0 Å². The summed E-state index contributed by atoms with van der Waals surface area (Å²) in [6, 6.07) is 43.4. The maximum atomic E-state index is 8.66. The van der Waals surface area contributed by atoms with Crippen LogP contribution in [-0.2, 0) is 67.1 Å². The number of hydrogen-bond acceptors (Lipinski definition) is 0. The number of benzene rings is 5. The Morgan fingerprint density at radius 1 is 0.287 bits per heavy atom. The van der Waals surface area contributed by atoms with Crippen LogP contribution < -0.4 is 22.8 Å². The monoisotopic (exact) mass is 1380 g/mol. The zero-order valence-electron chi connectivity index (χ0n) is 86.8. The Bertz CT molecular complexity index is 5340. The van der Waals surface area contributed by atoms with Crippen molar-refractivity contribution in [2.45, 2.75) is 210 Å². The maximum absolute atomic E-state index is 8.66. The summed E-state index contributed by atoms with van der Waals surface area (Å²) >= 11 is 0. The van der Waals surface area contributed by atoms with E-state index in [9.17, 15) is 0 Å². The summed E-state index contributed by atoms with van der Waals surface area (Å²) in [6.45, 7) is 33.4. The predicted octanol–water partition coefficient (Wildman–Crippen LogP) is 22.2. The Morgan fingerprint density at radius 2 is 0.614 bits per heavy atom. The van der Waals surface area contributed by atoms with Crippen LogP contribution in [0.3, 0.4) is 0 Å². The van der Waals surface area contributed by atoms with Gasteiger partial charge in [-0.25, -0.2) is 22.8 Å². The Morgan fingerprint density at radius 3 is 0.980 bits per heavy atom. The van der Waals surface area contributed by atoms with E-state index in [-0.39, 0.29) is 29.6 Å². The van der Waals surface area contributed by atoms with Gasteiger partial charge in [-0.2, -0.15) is 0 Å². The molecule has 5 nitrogen and oxygen atoms in total. The highest BCUT2D eigenvalue weighted by molar-refractivity contribution is 5.66. The van der Waals surface area contributed by atoms with Crippen LogP contribution in [0.4, 0.5) is 0 Å². The van der Waals surface area contributed by atoms with Crippen molar-refractivity contribution in [2.75, 3.05) is 0 Å². The minimum absolute atomic E-state index is 0.0551. The van der Waals surface area contributed by atoms with Crippen LogP contribution in [0, 0.1) is 98.6 Å². The summed E-state index contributed by atoms with van der Waals surface area (Å²) in [5.41, 5.74) is 22.3. The zero-order chi connectivity index (χ0) is 93.2. The van der Waals surface area contributed by atoms with Gasteiger partial charge < -0.3 is 0 Å². The van der Waals surface area contributed by atoms with Crippen molar-refractivity contribution < 1.29 is 51.6 Å². The summed E-state index contributed by atoms with van der Waals surface area (Å²) in [4.78, 5) is 0. The fourth-order valence-electron chi connectivity index (χ4n) is 12.3. The first-order valence-electron chi connectivity index (χ1n) is 46.1. The first kappa shape index (κ1) is 55.5. The molecule has 5 heteroatoms. The van der Waals surface area contributed by atoms with Crippen LogP contribution in [0.5, 0.6) is 0 Å². The number of rotatable bonds is 17. The van der Waals surface area contributed by atoms with Crippen molar-refractivity contribution in [1.82, 2.24) is 0 Å². The lowest BCUT2D eigenvalue weighted by Gasteiger charge is -2.16. The van der Waals surface area contributed by atoms with Gasteiger partial charge >= 0.3 is 0 Å². The molecule has 0 fully saturated rings. The zero-order valence-corrected chi connectivity index (χ0v) is 65.8. The van der Waals surface area contributed by atoms with E-state index < -0.39 is 64.2 Å². The van der Waals surface area contributed by atoms with Gasteiger partial charge in [0.05, 0.1) is 0 Å². The van der Waals surface area contributed by atoms with Crippen LogP contribution in [0.1, 0.15) is 232 Å². The number of hydrogen-bond donors (Lipinski definition) is 0. The average molecular weight is 1380 g/mol. The highest BCUT2D eigenvalue weighted by Crippen LogP contribution is 2.32. The summed E-state index contributed by atoms with van der Waals surface area (Å²) in [6.07, 6.45) is 1.96. The quantitative estimate of drug-likeness (QED) is 0.0810. The molecule has 0 aliphatic carbocycles. The molecule has 0 bridgehead atoms. The van der Waals surface area contributed by atoms with E-state index in [0.29, 0.717) is 38.9 Å². The van der Waals surface area contributed by atoms with Crippen molar-refractivity contribution >= 4 is 0 Å². The van der Waals surface area contributed by atoms with Crippen molar-refractivity contribution in [2.24, 2.45) is 64.8 Å². The van der Waals surface area contributed by atoms with E-state index in [1.165, 1.54) is 11.1 Å². The highest BCUT2D eigenvalue weighted by Gasteiger charge is 2.24. The van der Waals surface area contributed by atoms with Crippen LogP contribution in [-0.4, -0.2) is 0 Å².